The van der Waals surface area contributed by atoms with E-state index in [1.54, 1.807) is 13.2 Å². The number of nitrogens with two attached hydrogens (primary N) is 1. The normalized spacial score (nSPS) is 10.2. The van der Waals surface area contributed by atoms with Gasteiger partial charge in [-0.3, -0.25) is 9.48 Å². The predicted octanol–water partition coefficient (Wildman–Crippen LogP) is -0.785. The fourth-order valence-corrected chi connectivity index (χ4v) is 0.845. The molecule has 0 saturated carbocycles. The minimum absolute atomic E-state index is 0.0189. The molecule has 10 heavy (non-hydrogen) atoms. The second-order valence-corrected chi connectivity index (χ2v) is 2.20. The second-order valence-electron chi connectivity index (χ2n) is 2.20. The van der Waals surface area contributed by atoms with E-state index in [0.717, 1.165) is 5.56 Å². The molecule has 1 heterocycles. The van der Waals surface area contributed by atoms with Crippen molar-refractivity contribution < 1.29 is 0 Å². The van der Waals surface area contributed by atoms with Crippen LogP contribution in [0.1, 0.15) is 5.56 Å². The molecule has 0 spiro atoms. The summed E-state index contributed by atoms with van der Waals surface area (Å²) in [6, 6.07) is 0. The SMILES string of the molecule is Cn1[nH]cc(CCN)c1=O. The van der Waals surface area contributed by atoms with Crippen molar-refractivity contribution in [3.8, 4) is 0 Å². The van der Waals surface area contributed by atoms with Crippen LogP contribution in [0.2, 0.25) is 0 Å². The Morgan fingerprint density at radius 1 is 1.80 bits per heavy atom. The Balaban J connectivity index is 2.95. The number of hydrogen-bond donors (Lipinski definition) is 2. The van der Waals surface area contributed by atoms with E-state index in [-0.39, 0.29) is 5.56 Å². The van der Waals surface area contributed by atoms with Crippen LogP contribution < -0.4 is 11.3 Å². The lowest BCUT2D eigenvalue weighted by molar-refractivity contribution is 0.737. The molecule has 0 aliphatic carbocycles. The highest BCUT2D eigenvalue weighted by Gasteiger charge is 1.99. The third-order valence-corrected chi connectivity index (χ3v) is 1.43. The summed E-state index contributed by atoms with van der Waals surface area (Å²) in [6.45, 7) is 0.521. The van der Waals surface area contributed by atoms with E-state index in [1.807, 2.05) is 0 Å². The van der Waals surface area contributed by atoms with Crippen molar-refractivity contribution in [1.29, 1.82) is 0 Å². The summed E-state index contributed by atoms with van der Waals surface area (Å²) in [5.74, 6) is 0. The molecule has 1 rings (SSSR count). The summed E-state index contributed by atoms with van der Waals surface area (Å²) in [5, 5.41) is 2.77. The zero-order chi connectivity index (χ0) is 7.56. The molecular formula is C6H11N3O. The van der Waals surface area contributed by atoms with Crippen LogP contribution in [0, 0.1) is 0 Å². The molecule has 0 aliphatic rings. The lowest BCUT2D eigenvalue weighted by atomic mass is 10.2. The van der Waals surface area contributed by atoms with Gasteiger partial charge in [0.05, 0.1) is 0 Å². The molecule has 1 aromatic rings. The van der Waals surface area contributed by atoms with Gasteiger partial charge in [-0.2, -0.15) is 0 Å². The highest BCUT2D eigenvalue weighted by atomic mass is 16.1. The maximum atomic E-state index is 11.0. The third-order valence-electron chi connectivity index (χ3n) is 1.43. The van der Waals surface area contributed by atoms with Gasteiger partial charge in [0, 0.05) is 18.8 Å². The quantitative estimate of drug-likeness (QED) is 0.567. The predicted molar refractivity (Wildman–Crippen MR) is 38.8 cm³/mol. The topological polar surface area (TPSA) is 63.8 Å². The maximum Gasteiger partial charge on any atom is 0.269 e. The number of nitrogens with one attached hydrogen (secondary N) is 1. The van der Waals surface area contributed by atoms with Gasteiger partial charge >= 0.3 is 0 Å². The molecule has 4 nitrogen and oxygen atoms in total. The Morgan fingerprint density at radius 2 is 2.50 bits per heavy atom. The zero-order valence-electron chi connectivity index (χ0n) is 5.92. The van der Waals surface area contributed by atoms with Gasteiger partial charge in [-0.15, -0.1) is 0 Å². The molecule has 0 aliphatic heterocycles. The standard InChI is InChI=1S/C6H11N3O/c1-9-6(10)5(2-3-7)4-8-9/h4,8H,2-3,7H2,1H3. The number of nitrogens with zero attached hydrogens (tertiary/aromatic N) is 1. The van der Waals surface area contributed by atoms with Crippen molar-refractivity contribution in [2.45, 2.75) is 6.42 Å². The average Bonchev–Trinajstić information content (AvgIpc) is 2.20. The Bertz CT molecular complexity index is 260. The molecule has 4 heteroatoms. The van der Waals surface area contributed by atoms with Gasteiger partial charge in [-0.25, -0.2) is 0 Å². The molecule has 0 bridgehead atoms. The molecule has 0 saturated heterocycles. The van der Waals surface area contributed by atoms with Gasteiger partial charge in [0.1, 0.15) is 0 Å². The molecule has 0 fully saturated rings. The van der Waals surface area contributed by atoms with Gasteiger partial charge in [-0.05, 0) is 13.0 Å². The van der Waals surface area contributed by atoms with E-state index in [9.17, 15) is 4.79 Å². The van der Waals surface area contributed by atoms with E-state index in [4.69, 9.17) is 5.73 Å². The van der Waals surface area contributed by atoms with Gasteiger partial charge in [0.25, 0.3) is 5.56 Å². The van der Waals surface area contributed by atoms with E-state index in [0.29, 0.717) is 13.0 Å². The molecule has 0 atom stereocenters. The molecular weight excluding hydrogens is 130 g/mol. The summed E-state index contributed by atoms with van der Waals surface area (Å²) in [5.41, 5.74) is 6.05. The fourth-order valence-electron chi connectivity index (χ4n) is 0.845. The Morgan fingerprint density at radius 3 is 2.90 bits per heavy atom. The minimum atomic E-state index is 0.0189. The van der Waals surface area contributed by atoms with Crippen molar-refractivity contribution in [2.75, 3.05) is 6.54 Å². The summed E-state index contributed by atoms with van der Waals surface area (Å²) in [4.78, 5) is 11.0. The highest BCUT2D eigenvalue weighted by Crippen LogP contribution is 1.86. The number of aryl methyl sites for hydroxylation is 1. The van der Waals surface area contributed by atoms with Crippen LogP contribution in [0.3, 0.4) is 0 Å². The molecule has 0 unspecified atom stereocenters. The first kappa shape index (κ1) is 7.08. The summed E-state index contributed by atoms with van der Waals surface area (Å²) < 4.78 is 1.44. The van der Waals surface area contributed by atoms with Crippen LogP contribution in [0.15, 0.2) is 11.0 Å². The van der Waals surface area contributed by atoms with Gasteiger partial charge in [0.15, 0.2) is 0 Å². The van der Waals surface area contributed by atoms with E-state index in [2.05, 4.69) is 5.10 Å². The molecule has 0 aromatic carbocycles. The lowest BCUT2D eigenvalue weighted by Gasteiger charge is -1.86. The number of aromatic amines is 1. The highest BCUT2D eigenvalue weighted by molar-refractivity contribution is 5.04. The smallest absolute Gasteiger partial charge is 0.269 e. The monoisotopic (exact) mass is 141 g/mol. The van der Waals surface area contributed by atoms with Crippen LogP contribution in [0.5, 0.6) is 0 Å². The van der Waals surface area contributed by atoms with Gasteiger partial charge < -0.3 is 10.8 Å². The van der Waals surface area contributed by atoms with E-state index in [1.165, 1.54) is 4.68 Å². The largest absolute Gasteiger partial charge is 0.330 e. The summed E-state index contributed by atoms with van der Waals surface area (Å²) in [6.07, 6.45) is 2.34. The first-order chi connectivity index (χ1) is 4.75. The van der Waals surface area contributed by atoms with Crippen molar-refractivity contribution in [3.63, 3.8) is 0 Å². The van der Waals surface area contributed by atoms with Crippen LogP contribution in [0.4, 0.5) is 0 Å². The van der Waals surface area contributed by atoms with Crippen molar-refractivity contribution in [3.05, 3.63) is 22.1 Å². The Labute approximate surface area is 58.6 Å². The van der Waals surface area contributed by atoms with Crippen LogP contribution in [0.25, 0.3) is 0 Å². The maximum absolute atomic E-state index is 11.0. The summed E-state index contributed by atoms with van der Waals surface area (Å²) in [7, 11) is 1.68. The second kappa shape index (κ2) is 2.70. The number of aromatic nitrogens is 2. The Kier molecular flexibility index (Phi) is 1.91. The van der Waals surface area contributed by atoms with Gasteiger partial charge in [-0.1, -0.05) is 0 Å². The van der Waals surface area contributed by atoms with E-state index < -0.39 is 0 Å². The molecule has 0 amide bonds. The van der Waals surface area contributed by atoms with Gasteiger partial charge in [0.2, 0.25) is 0 Å². The Hall–Kier alpha value is -1.03. The minimum Gasteiger partial charge on any atom is -0.330 e. The molecule has 0 radical (unpaired) electrons. The molecule has 1 aromatic heterocycles. The number of H-pyrrole nitrogens is 1. The fraction of sp³-hybridized carbons (Fsp3) is 0.500. The summed E-state index contributed by atoms with van der Waals surface area (Å²) >= 11 is 0. The average molecular weight is 141 g/mol. The molecule has 3 N–H and O–H groups in total. The third kappa shape index (κ3) is 1.11. The van der Waals surface area contributed by atoms with Crippen LogP contribution >= 0.6 is 0 Å². The van der Waals surface area contributed by atoms with Crippen molar-refractivity contribution in [1.82, 2.24) is 9.78 Å². The van der Waals surface area contributed by atoms with Crippen LogP contribution in [-0.2, 0) is 13.5 Å². The number of hydrogen-bond acceptors (Lipinski definition) is 2. The van der Waals surface area contributed by atoms with E-state index >= 15 is 0 Å². The zero-order valence-corrected chi connectivity index (χ0v) is 5.92. The number of rotatable bonds is 2. The van der Waals surface area contributed by atoms with Crippen LogP contribution in [-0.4, -0.2) is 16.3 Å². The van der Waals surface area contributed by atoms with Crippen molar-refractivity contribution in [2.24, 2.45) is 12.8 Å². The lowest BCUT2D eigenvalue weighted by Crippen LogP contribution is -2.17. The van der Waals surface area contributed by atoms with Crippen molar-refractivity contribution >= 4 is 0 Å². The first-order valence-corrected chi connectivity index (χ1v) is 3.19. The first-order valence-electron chi connectivity index (χ1n) is 3.19. The molecule has 56 valence electrons.